The van der Waals surface area contributed by atoms with Crippen molar-refractivity contribution in [3.8, 4) is 17.2 Å². The van der Waals surface area contributed by atoms with Gasteiger partial charge in [-0.15, -0.1) is 0 Å². The summed E-state index contributed by atoms with van der Waals surface area (Å²) < 4.78 is 1.64. The molecule has 2 fully saturated rings. The molecule has 2 amide bonds. The molecule has 3 aliphatic rings. The van der Waals surface area contributed by atoms with Gasteiger partial charge in [0.15, 0.2) is 11.6 Å². The third-order valence-electron chi connectivity index (χ3n) is 10.6. The molecule has 1 saturated carbocycles. The quantitative estimate of drug-likeness (QED) is 0.303. The van der Waals surface area contributed by atoms with E-state index in [0.717, 1.165) is 53.5 Å². The van der Waals surface area contributed by atoms with E-state index in [0.29, 0.717) is 49.1 Å². The molecule has 256 valence electrons. The highest BCUT2D eigenvalue weighted by molar-refractivity contribution is 6.07. The van der Waals surface area contributed by atoms with E-state index in [1.165, 1.54) is 6.92 Å². The molecule has 7 rings (SSSR count). The number of nitriles is 1. The number of carbonyl (C=O) groups excluding carboxylic acids is 4. The lowest BCUT2D eigenvalue weighted by molar-refractivity contribution is -0.139. The Morgan fingerprint density at radius 1 is 1.02 bits per heavy atom. The van der Waals surface area contributed by atoms with Crippen LogP contribution in [0.25, 0.3) is 22.0 Å². The van der Waals surface area contributed by atoms with E-state index in [2.05, 4.69) is 26.3 Å². The van der Waals surface area contributed by atoms with Gasteiger partial charge in [-0.05, 0) is 80.8 Å². The van der Waals surface area contributed by atoms with Crippen molar-refractivity contribution in [2.24, 2.45) is 5.41 Å². The summed E-state index contributed by atoms with van der Waals surface area (Å²) in [7, 11) is 0. The minimum absolute atomic E-state index is 0.0123. The maximum absolute atomic E-state index is 14.5. The van der Waals surface area contributed by atoms with Crippen LogP contribution in [0, 0.1) is 30.6 Å². The Kier molecular flexibility index (Phi) is 8.76. The van der Waals surface area contributed by atoms with Gasteiger partial charge in [-0.3, -0.25) is 23.9 Å². The summed E-state index contributed by atoms with van der Waals surface area (Å²) in [6.45, 7) is 5.41. The number of hydrogen-bond acceptors (Lipinski definition) is 9. The van der Waals surface area contributed by atoms with Crippen LogP contribution in [-0.4, -0.2) is 71.6 Å². The normalized spacial score (nSPS) is 22.4. The van der Waals surface area contributed by atoms with Crippen molar-refractivity contribution in [2.45, 2.75) is 97.2 Å². The molecule has 1 aliphatic carbocycles. The lowest BCUT2D eigenvalue weighted by Gasteiger charge is -2.27. The maximum atomic E-state index is 14.5. The lowest BCUT2D eigenvalue weighted by atomic mass is 9.94. The van der Waals surface area contributed by atoms with Crippen LogP contribution in [0.15, 0.2) is 36.7 Å². The van der Waals surface area contributed by atoms with Gasteiger partial charge in [0.25, 0.3) is 0 Å². The number of pyridine rings is 1. The van der Waals surface area contributed by atoms with E-state index < -0.39 is 6.04 Å². The number of nitrogens with one attached hydrogen (secondary N) is 1. The smallest absolute Gasteiger partial charge is 0.245 e. The van der Waals surface area contributed by atoms with Crippen molar-refractivity contribution < 1.29 is 19.2 Å². The van der Waals surface area contributed by atoms with Gasteiger partial charge >= 0.3 is 0 Å². The highest BCUT2D eigenvalue weighted by atomic mass is 16.2. The molecule has 2 bridgehead atoms. The van der Waals surface area contributed by atoms with Crippen molar-refractivity contribution in [3.63, 3.8) is 0 Å². The molecule has 0 spiro atoms. The van der Waals surface area contributed by atoms with Crippen LogP contribution in [0.5, 0.6) is 0 Å². The monoisotopic (exact) mass is 672 g/mol. The molecule has 12 nitrogen and oxygen atoms in total. The first-order valence-corrected chi connectivity index (χ1v) is 17.4. The van der Waals surface area contributed by atoms with Crippen molar-refractivity contribution in [1.29, 1.82) is 5.26 Å². The Bertz CT molecular complexity index is 2080. The molecule has 12 heteroatoms. The zero-order valence-electron chi connectivity index (χ0n) is 28.7. The number of hydrogen-bond donors (Lipinski definition) is 1. The SMILES string of the molecule is CC(=O)c1nn2c3c(cc(-c4cnc(C)nc4)cc13)CCCCCCC(=O)NC[C@@]13C[C@@H](C(=O)Cc4nc(C#N)ccc4C)N(C(=O)C2)[C@@H]1C3. The molecule has 1 N–H and O–H groups in total. The molecular formula is C38H40N8O4. The second kappa shape index (κ2) is 13.2. The van der Waals surface area contributed by atoms with Crippen LogP contribution >= 0.6 is 0 Å². The number of amides is 2. The number of benzene rings is 1. The minimum Gasteiger partial charge on any atom is -0.355 e. The maximum Gasteiger partial charge on any atom is 0.245 e. The lowest BCUT2D eigenvalue weighted by Crippen LogP contribution is -2.45. The molecule has 5 heterocycles. The number of piperidine rings is 1. The van der Waals surface area contributed by atoms with Crippen LogP contribution in [-0.2, 0) is 33.8 Å². The highest BCUT2D eigenvalue weighted by Gasteiger charge is 2.66. The summed E-state index contributed by atoms with van der Waals surface area (Å²) in [4.78, 5) is 69.2. The van der Waals surface area contributed by atoms with Gasteiger partial charge in [-0.25, -0.2) is 15.0 Å². The topological polar surface area (TPSA) is 164 Å². The van der Waals surface area contributed by atoms with Crippen molar-refractivity contribution in [3.05, 3.63) is 70.7 Å². The Morgan fingerprint density at radius 2 is 1.78 bits per heavy atom. The Balaban J connectivity index is 1.29. The van der Waals surface area contributed by atoms with Crippen LogP contribution in [0.1, 0.15) is 90.7 Å². The summed E-state index contributed by atoms with van der Waals surface area (Å²) in [6, 6.07) is 8.51. The number of rotatable bonds is 5. The summed E-state index contributed by atoms with van der Waals surface area (Å²) in [5, 5.41) is 17.9. The fraction of sp³-hybridized carbons (Fsp3) is 0.447. The van der Waals surface area contributed by atoms with E-state index in [4.69, 9.17) is 5.10 Å². The van der Waals surface area contributed by atoms with Gasteiger partial charge in [0.1, 0.15) is 29.8 Å². The third kappa shape index (κ3) is 6.28. The number of nitrogens with zero attached hydrogens (tertiary/aromatic N) is 7. The fourth-order valence-corrected chi connectivity index (χ4v) is 7.82. The molecule has 0 radical (unpaired) electrons. The van der Waals surface area contributed by atoms with Gasteiger partial charge in [-0.2, -0.15) is 10.4 Å². The van der Waals surface area contributed by atoms with Crippen LogP contribution in [0.3, 0.4) is 0 Å². The number of Topliss-reactive ketones (excluding diaryl/α,β-unsaturated/α-hetero) is 2. The van der Waals surface area contributed by atoms with E-state index in [1.807, 2.05) is 26.0 Å². The van der Waals surface area contributed by atoms with E-state index in [1.54, 1.807) is 34.1 Å². The first kappa shape index (κ1) is 33.2. The first-order valence-electron chi connectivity index (χ1n) is 17.4. The van der Waals surface area contributed by atoms with Gasteiger partial charge in [0.2, 0.25) is 11.8 Å². The number of ketones is 2. The Labute approximate surface area is 290 Å². The van der Waals surface area contributed by atoms with Crippen molar-refractivity contribution in [1.82, 2.24) is 34.9 Å². The highest BCUT2D eigenvalue weighted by Crippen LogP contribution is 2.59. The first-order chi connectivity index (χ1) is 24.1. The molecular weight excluding hydrogens is 632 g/mol. The van der Waals surface area contributed by atoms with Crippen molar-refractivity contribution >= 4 is 34.3 Å². The molecule has 3 aromatic heterocycles. The molecule has 1 saturated heterocycles. The largest absolute Gasteiger partial charge is 0.355 e. The average Bonchev–Trinajstić information content (AvgIpc) is 3.51. The van der Waals surface area contributed by atoms with Crippen LogP contribution in [0.4, 0.5) is 0 Å². The van der Waals surface area contributed by atoms with E-state index >= 15 is 0 Å². The molecule has 1 aromatic carbocycles. The van der Waals surface area contributed by atoms with Crippen LogP contribution in [0.2, 0.25) is 0 Å². The van der Waals surface area contributed by atoms with Crippen molar-refractivity contribution in [2.75, 3.05) is 6.54 Å². The Hall–Kier alpha value is -5.31. The summed E-state index contributed by atoms with van der Waals surface area (Å²) in [5.74, 6) is 0.0166. The fourth-order valence-electron chi connectivity index (χ4n) is 7.82. The minimum atomic E-state index is -0.717. The molecule has 3 atom stereocenters. The zero-order valence-corrected chi connectivity index (χ0v) is 28.7. The second-order valence-corrected chi connectivity index (χ2v) is 14.1. The third-order valence-corrected chi connectivity index (χ3v) is 10.6. The van der Waals surface area contributed by atoms with Gasteiger partial charge < -0.3 is 10.2 Å². The summed E-state index contributed by atoms with van der Waals surface area (Å²) in [6.07, 6.45) is 9.20. The van der Waals surface area contributed by atoms with Gasteiger partial charge in [0, 0.05) is 54.7 Å². The van der Waals surface area contributed by atoms with E-state index in [9.17, 15) is 24.4 Å². The predicted molar refractivity (Wildman–Crippen MR) is 184 cm³/mol. The molecule has 0 unspecified atom stereocenters. The average molecular weight is 673 g/mol. The predicted octanol–water partition coefficient (Wildman–Crippen LogP) is 4.37. The number of carbonyl (C=O) groups is 4. The van der Waals surface area contributed by atoms with E-state index in [-0.39, 0.29) is 59.2 Å². The number of aromatic nitrogens is 5. The zero-order chi connectivity index (χ0) is 35.2. The van der Waals surface area contributed by atoms with Gasteiger partial charge in [0.05, 0.1) is 23.7 Å². The standard InChI is InChI=1S/C38H40N8O4/c1-22-10-11-28(17-39)43-30(22)14-32(48)31-15-38-16-33(38)46(31)35(50)20-45-37-25(8-6-4-5-7-9-34(49)42-21-38)12-26(27-18-40-24(3)41-19-27)13-29(37)36(44-45)23(2)47/h10-13,18-19,31,33H,4-9,14-16,20-21H2,1-3H3,(H,42,49)/t31-,33+,38-/m0/s1. The summed E-state index contributed by atoms with van der Waals surface area (Å²) >= 11 is 0. The van der Waals surface area contributed by atoms with Gasteiger partial charge in [-0.1, -0.05) is 18.9 Å². The Morgan fingerprint density at radius 3 is 2.52 bits per heavy atom. The number of aryl methyl sites for hydroxylation is 3. The molecule has 2 aliphatic heterocycles. The second-order valence-electron chi connectivity index (χ2n) is 14.1. The molecule has 4 aromatic rings. The van der Waals surface area contributed by atoms with Crippen LogP contribution < -0.4 is 5.32 Å². The summed E-state index contributed by atoms with van der Waals surface area (Å²) in [5.41, 5.74) is 4.82. The molecule has 50 heavy (non-hydrogen) atoms.